The van der Waals surface area contributed by atoms with Gasteiger partial charge in [-0.05, 0) is 0 Å². The molecular formula is C46H45Cl2F12SiZr. The molecule has 0 saturated carbocycles. The predicted molar refractivity (Wildman–Crippen MR) is 225 cm³/mol. The molecule has 4 aromatic carbocycles. The summed E-state index contributed by atoms with van der Waals surface area (Å²) >= 11 is -5.75. The molecule has 0 nitrogen and oxygen atoms in total. The molecular weight excluding hydrogens is 971 g/mol. The maximum atomic E-state index is 14.3. The van der Waals surface area contributed by atoms with Crippen molar-refractivity contribution in [3.8, 4) is 22.3 Å². The summed E-state index contributed by atoms with van der Waals surface area (Å²) in [6, 6.07) is 9.99. The van der Waals surface area contributed by atoms with Gasteiger partial charge in [0, 0.05) is 0 Å². The molecule has 2 aliphatic carbocycles. The molecule has 2 unspecified atom stereocenters. The Morgan fingerprint density at radius 1 is 0.468 bits per heavy atom. The Labute approximate surface area is 362 Å². The summed E-state index contributed by atoms with van der Waals surface area (Å²) in [5.74, 6) is -2.35. The van der Waals surface area contributed by atoms with Gasteiger partial charge in [-0.15, -0.1) is 0 Å². The van der Waals surface area contributed by atoms with E-state index in [4.69, 9.17) is 17.0 Å². The van der Waals surface area contributed by atoms with Crippen molar-refractivity contribution in [2.75, 3.05) is 0 Å². The number of alkyl halides is 12. The van der Waals surface area contributed by atoms with E-state index in [0.717, 1.165) is 0 Å². The quantitative estimate of drug-likeness (QED) is 0.138. The number of hydrogen-bond donors (Lipinski definition) is 0. The number of allylic oxidation sites excluding steroid dienone is 2. The van der Waals surface area contributed by atoms with Crippen molar-refractivity contribution in [1.29, 1.82) is 0 Å². The maximum absolute atomic E-state index is 14.3. The first-order valence-corrected chi connectivity index (χ1v) is 36.1. The van der Waals surface area contributed by atoms with Gasteiger partial charge in [0.2, 0.25) is 0 Å². The monoisotopic (exact) mass is 1010 g/mol. The van der Waals surface area contributed by atoms with E-state index in [1.165, 1.54) is 0 Å². The van der Waals surface area contributed by atoms with Crippen LogP contribution in [0.3, 0.4) is 0 Å². The number of hydrogen-bond acceptors (Lipinski definition) is 0. The van der Waals surface area contributed by atoms with Crippen LogP contribution in [-0.4, -0.2) is 5.92 Å². The minimum atomic E-state index is -5.75. The third-order valence-corrected chi connectivity index (χ3v) is 64.7. The standard InChI is InChI=1S/2C22H19F6.C2H7Si.2ClH.Zr/c2*1-12-7-13-5-6-18(20(2,3)4)19(17(13)8-12)14-9-15(21(23,24)25)11-16(10-14)22(26,27)28;1-3-2;;;/h2*5-11H,1-4H3;3H,1-2H3;2*1H;/q;;;;;+2/p-2. The van der Waals surface area contributed by atoms with Crippen molar-refractivity contribution < 1.29 is 68.2 Å². The fraction of sp³-hybridized carbons (Fsp3) is 0.391. The number of benzene rings is 4. The third-order valence-electron chi connectivity index (χ3n) is 12.4. The van der Waals surface area contributed by atoms with Crippen molar-refractivity contribution in [3.63, 3.8) is 0 Å². The summed E-state index contributed by atoms with van der Waals surface area (Å²) in [6.45, 7) is 18.3. The average molecular weight is 1020 g/mol. The van der Waals surface area contributed by atoms with Crippen LogP contribution in [0.15, 0.2) is 71.8 Å². The molecule has 2 atom stereocenters. The van der Waals surface area contributed by atoms with E-state index in [-0.39, 0.29) is 34.4 Å². The van der Waals surface area contributed by atoms with Gasteiger partial charge >= 0.3 is 364 Å². The normalized spacial score (nSPS) is 18.4. The van der Waals surface area contributed by atoms with Crippen LogP contribution in [0.2, 0.25) is 13.1 Å². The minimum absolute atomic E-state index is 0.0843. The van der Waals surface area contributed by atoms with E-state index in [1.807, 2.05) is 13.1 Å². The molecule has 0 aliphatic heterocycles. The van der Waals surface area contributed by atoms with Crippen LogP contribution < -0.4 is 0 Å². The van der Waals surface area contributed by atoms with Gasteiger partial charge in [-0.3, -0.25) is 0 Å². The molecule has 6 rings (SSSR count). The van der Waals surface area contributed by atoms with Gasteiger partial charge in [-0.2, -0.15) is 0 Å². The summed E-state index contributed by atoms with van der Waals surface area (Å²) < 4.78 is 170. The van der Waals surface area contributed by atoms with Gasteiger partial charge in [-0.1, -0.05) is 0 Å². The summed E-state index contributed by atoms with van der Waals surface area (Å²) in [5, 5.41) is 0. The van der Waals surface area contributed by atoms with E-state index in [9.17, 15) is 52.7 Å². The summed E-state index contributed by atoms with van der Waals surface area (Å²) in [5.41, 5.74) is -3.57. The molecule has 0 amide bonds. The van der Waals surface area contributed by atoms with Crippen LogP contribution in [0.1, 0.15) is 118 Å². The van der Waals surface area contributed by atoms with Crippen LogP contribution in [0.4, 0.5) is 52.7 Å². The van der Waals surface area contributed by atoms with Crippen LogP contribution in [-0.2, 0) is 51.1 Å². The zero-order valence-electron chi connectivity index (χ0n) is 35.5. The van der Waals surface area contributed by atoms with Crippen molar-refractivity contribution in [2.24, 2.45) is 0 Å². The molecule has 0 N–H and O–H groups in total. The zero-order chi connectivity index (χ0) is 46.9. The molecule has 0 aromatic heterocycles. The van der Waals surface area contributed by atoms with Gasteiger partial charge < -0.3 is 0 Å². The van der Waals surface area contributed by atoms with Gasteiger partial charge in [0.1, 0.15) is 0 Å². The Kier molecular flexibility index (Phi) is 11.9. The fourth-order valence-corrected chi connectivity index (χ4v) is 42.5. The third kappa shape index (κ3) is 8.34. The van der Waals surface area contributed by atoms with Crippen LogP contribution in [0, 0.1) is 0 Å². The second kappa shape index (κ2) is 15.1. The molecule has 0 heterocycles. The number of halogens is 14. The Morgan fingerprint density at radius 3 is 0.968 bits per heavy atom. The topological polar surface area (TPSA) is 0 Å². The van der Waals surface area contributed by atoms with E-state index in [2.05, 4.69) is 0 Å². The van der Waals surface area contributed by atoms with Crippen molar-refractivity contribution in [1.82, 2.24) is 0 Å². The Hall–Kier alpha value is -2.80. The molecule has 335 valence electrons. The van der Waals surface area contributed by atoms with Crippen LogP contribution in [0.25, 0.3) is 34.4 Å². The summed E-state index contributed by atoms with van der Waals surface area (Å²) in [7, 11) is 16.7. The molecule has 0 spiro atoms. The first-order chi connectivity index (χ1) is 27.9. The number of rotatable bonds is 5. The second-order valence-corrected chi connectivity index (χ2v) is 61.6. The molecule has 2 aliphatic rings. The molecule has 0 fully saturated rings. The predicted octanol–water partition coefficient (Wildman–Crippen LogP) is 17.3. The Bertz CT molecular complexity index is 2310. The van der Waals surface area contributed by atoms with E-state index in [1.54, 1.807) is 91.8 Å². The van der Waals surface area contributed by atoms with Gasteiger partial charge in [0.05, 0.1) is 0 Å². The van der Waals surface area contributed by atoms with Gasteiger partial charge in [0.15, 0.2) is 0 Å². The van der Waals surface area contributed by atoms with Crippen molar-refractivity contribution >= 4 is 35.1 Å². The van der Waals surface area contributed by atoms with Crippen LogP contribution >= 0.6 is 17.0 Å². The van der Waals surface area contributed by atoms with Crippen LogP contribution in [0.5, 0.6) is 0 Å². The molecule has 0 radical (unpaired) electrons. The average Bonchev–Trinajstić information content (AvgIpc) is 3.64. The Morgan fingerprint density at radius 2 is 0.742 bits per heavy atom. The summed E-state index contributed by atoms with van der Waals surface area (Å²) in [4.78, 5) is 0. The number of fused-ring (bicyclic) bond motifs is 2. The molecule has 4 aromatic rings. The zero-order valence-corrected chi connectivity index (χ0v) is 40.6. The van der Waals surface area contributed by atoms with E-state index >= 15 is 0 Å². The fourth-order valence-electron chi connectivity index (χ4n) is 9.57. The molecule has 0 bridgehead atoms. The first-order valence-electron chi connectivity index (χ1n) is 19.8. The van der Waals surface area contributed by atoms with Crippen molar-refractivity contribution in [3.05, 3.63) is 127 Å². The van der Waals surface area contributed by atoms with Gasteiger partial charge in [-0.25, -0.2) is 0 Å². The molecule has 62 heavy (non-hydrogen) atoms. The molecule has 0 saturated heterocycles. The molecule has 16 heteroatoms. The SMILES string of the molecule is CC1=Cc2c(ccc(C(C)(C)C)c2-c2cc(C(F)(F)F)cc(C(F)(F)F)c2)[CH]1[Zr]([Cl])([Cl])([CH]1C(C)=Cc2c1ccc(C(C)(C)C)c2-c1cc(C(F)(F)F)cc(C(F)(F)F)c1)[SiH](C)C. The van der Waals surface area contributed by atoms with E-state index < -0.39 is 86.5 Å². The van der Waals surface area contributed by atoms with Gasteiger partial charge in [0.25, 0.3) is 0 Å². The second-order valence-electron chi connectivity index (χ2n) is 19.1. The Balaban J connectivity index is 1.67. The summed E-state index contributed by atoms with van der Waals surface area (Å²) in [6.07, 6.45) is -17.0. The van der Waals surface area contributed by atoms with Crippen molar-refractivity contribution in [2.45, 2.75) is 111 Å². The van der Waals surface area contributed by atoms with E-state index in [0.29, 0.717) is 68.8 Å². The first kappa shape index (κ1) is 48.7.